The smallest absolute Gasteiger partial charge is 0.243 e. The second-order valence-electron chi connectivity index (χ2n) is 4.42. The van der Waals surface area contributed by atoms with Crippen molar-refractivity contribution in [3.05, 3.63) is 54.4 Å². The fraction of sp³-hybridized carbons (Fsp3) is 0.214. The fourth-order valence-electron chi connectivity index (χ4n) is 1.91. The van der Waals surface area contributed by atoms with Crippen molar-refractivity contribution in [1.82, 2.24) is 9.29 Å². The minimum absolute atomic E-state index is 0.235. The van der Waals surface area contributed by atoms with Crippen LogP contribution in [0.15, 0.2) is 53.6 Å². The number of hydrazine groups is 1. The lowest BCUT2D eigenvalue weighted by molar-refractivity contribution is 0.419. The number of pyridine rings is 1. The SMILES string of the molecule is CCN(Cc1ccccn1)S(=O)(=O)c1ccc(NN)cc1. The van der Waals surface area contributed by atoms with Gasteiger partial charge in [0.1, 0.15) is 0 Å². The molecule has 0 saturated heterocycles. The van der Waals surface area contributed by atoms with Crippen molar-refractivity contribution in [2.45, 2.75) is 18.4 Å². The van der Waals surface area contributed by atoms with Gasteiger partial charge in [0.25, 0.3) is 0 Å². The normalized spacial score (nSPS) is 11.6. The van der Waals surface area contributed by atoms with Gasteiger partial charge >= 0.3 is 0 Å². The number of hydrogen-bond acceptors (Lipinski definition) is 5. The number of hydrogen-bond donors (Lipinski definition) is 2. The lowest BCUT2D eigenvalue weighted by Crippen LogP contribution is -2.30. The molecule has 0 bridgehead atoms. The molecule has 2 rings (SSSR count). The van der Waals surface area contributed by atoms with Gasteiger partial charge in [-0.3, -0.25) is 10.8 Å². The molecule has 112 valence electrons. The molecular formula is C14H18N4O2S. The number of benzene rings is 1. The molecule has 0 spiro atoms. The lowest BCUT2D eigenvalue weighted by atomic mass is 10.3. The van der Waals surface area contributed by atoms with Gasteiger partial charge in [0.2, 0.25) is 10.0 Å². The first-order chi connectivity index (χ1) is 10.1. The van der Waals surface area contributed by atoms with E-state index >= 15 is 0 Å². The molecule has 7 heteroatoms. The van der Waals surface area contributed by atoms with Gasteiger partial charge in [-0.05, 0) is 36.4 Å². The van der Waals surface area contributed by atoms with E-state index in [-0.39, 0.29) is 11.4 Å². The Kier molecular flexibility index (Phi) is 4.89. The standard InChI is InChI=1S/C14H18N4O2S/c1-2-18(11-13-5-3-4-10-16-13)21(19,20)14-8-6-12(17-15)7-9-14/h3-10,17H,2,11,15H2,1H3. The largest absolute Gasteiger partial charge is 0.324 e. The van der Waals surface area contributed by atoms with E-state index in [2.05, 4.69) is 10.4 Å². The minimum atomic E-state index is -3.55. The van der Waals surface area contributed by atoms with Crippen LogP contribution >= 0.6 is 0 Å². The van der Waals surface area contributed by atoms with Gasteiger partial charge in [0.15, 0.2) is 0 Å². The maximum atomic E-state index is 12.6. The summed E-state index contributed by atoms with van der Waals surface area (Å²) in [5.41, 5.74) is 3.84. The Bertz CT molecular complexity index is 672. The van der Waals surface area contributed by atoms with Crippen molar-refractivity contribution in [2.24, 2.45) is 5.84 Å². The number of nitrogens with zero attached hydrogens (tertiary/aromatic N) is 2. The highest BCUT2D eigenvalue weighted by Crippen LogP contribution is 2.19. The van der Waals surface area contributed by atoms with Gasteiger partial charge in [0.05, 0.1) is 17.1 Å². The summed E-state index contributed by atoms with van der Waals surface area (Å²) in [6.45, 7) is 2.42. The van der Waals surface area contributed by atoms with Crippen LogP contribution in [0.3, 0.4) is 0 Å². The minimum Gasteiger partial charge on any atom is -0.324 e. The fourth-order valence-corrected chi connectivity index (χ4v) is 3.33. The van der Waals surface area contributed by atoms with Crippen molar-refractivity contribution >= 4 is 15.7 Å². The average Bonchev–Trinajstić information content (AvgIpc) is 2.53. The summed E-state index contributed by atoms with van der Waals surface area (Å²) < 4.78 is 26.6. The lowest BCUT2D eigenvalue weighted by Gasteiger charge is -2.20. The van der Waals surface area contributed by atoms with Crippen LogP contribution in [0, 0.1) is 0 Å². The van der Waals surface area contributed by atoms with E-state index in [0.717, 1.165) is 0 Å². The van der Waals surface area contributed by atoms with E-state index in [1.165, 1.54) is 16.4 Å². The number of nitrogens with two attached hydrogens (primary N) is 1. The van der Waals surface area contributed by atoms with Gasteiger partial charge in [-0.15, -0.1) is 0 Å². The predicted octanol–water partition coefficient (Wildman–Crippen LogP) is 1.58. The van der Waals surface area contributed by atoms with E-state index in [0.29, 0.717) is 17.9 Å². The number of nitrogen functional groups attached to an aromatic ring is 1. The Morgan fingerprint density at radius 3 is 2.43 bits per heavy atom. The highest BCUT2D eigenvalue weighted by atomic mass is 32.2. The molecule has 0 radical (unpaired) electrons. The second kappa shape index (κ2) is 6.66. The summed E-state index contributed by atoms with van der Waals surface area (Å²) in [7, 11) is -3.55. The molecule has 21 heavy (non-hydrogen) atoms. The first kappa shape index (κ1) is 15.4. The summed E-state index contributed by atoms with van der Waals surface area (Å²) in [5, 5.41) is 0. The Balaban J connectivity index is 2.26. The van der Waals surface area contributed by atoms with Gasteiger partial charge in [-0.2, -0.15) is 4.31 Å². The van der Waals surface area contributed by atoms with E-state index in [1.54, 1.807) is 37.4 Å². The van der Waals surface area contributed by atoms with Crippen molar-refractivity contribution in [3.63, 3.8) is 0 Å². The molecule has 0 amide bonds. The molecule has 3 N–H and O–H groups in total. The molecule has 1 aromatic heterocycles. The van der Waals surface area contributed by atoms with Crippen molar-refractivity contribution in [3.8, 4) is 0 Å². The first-order valence-electron chi connectivity index (χ1n) is 6.54. The highest BCUT2D eigenvalue weighted by Gasteiger charge is 2.23. The molecule has 6 nitrogen and oxygen atoms in total. The van der Waals surface area contributed by atoms with Crippen LogP contribution in [-0.4, -0.2) is 24.3 Å². The molecule has 0 atom stereocenters. The Morgan fingerprint density at radius 1 is 1.19 bits per heavy atom. The topological polar surface area (TPSA) is 88.3 Å². The number of aromatic nitrogens is 1. The zero-order chi connectivity index (χ0) is 15.3. The van der Waals surface area contributed by atoms with Crippen molar-refractivity contribution in [2.75, 3.05) is 12.0 Å². The zero-order valence-electron chi connectivity index (χ0n) is 11.7. The summed E-state index contributed by atoms with van der Waals surface area (Å²) in [6.07, 6.45) is 1.65. The third-order valence-corrected chi connectivity index (χ3v) is 5.01. The van der Waals surface area contributed by atoms with Crippen LogP contribution in [0.2, 0.25) is 0 Å². The number of nitrogens with one attached hydrogen (secondary N) is 1. The Hall–Kier alpha value is -1.96. The van der Waals surface area contributed by atoms with Crippen LogP contribution in [0.5, 0.6) is 0 Å². The van der Waals surface area contributed by atoms with Crippen molar-refractivity contribution in [1.29, 1.82) is 0 Å². The number of rotatable bonds is 6. The van der Waals surface area contributed by atoms with Crippen LogP contribution in [0.25, 0.3) is 0 Å². The predicted molar refractivity (Wildman–Crippen MR) is 81.8 cm³/mol. The Labute approximate surface area is 124 Å². The molecule has 0 unspecified atom stereocenters. The molecule has 1 heterocycles. The highest BCUT2D eigenvalue weighted by molar-refractivity contribution is 7.89. The molecule has 2 aromatic rings. The zero-order valence-corrected chi connectivity index (χ0v) is 12.5. The average molecular weight is 306 g/mol. The van der Waals surface area contributed by atoms with Gasteiger partial charge in [-0.25, -0.2) is 8.42 Å². The summed E-state index contributed by atoms with van der Waals surface area (Å²) in [6, 6.07) is 11.8. The quantitative estimate of drug-likeness (QED) is 0.625. The first-order valence-corrected chi connectivity index (χ1v) is 7.98. The maximum absolute atomic E-state index is 12.6. The van der Waals surface area contributed by atoms with E-state index in [1.807, 2.05) is 6.07 Å². The van der Waals surface area contributed by atoms with Crippen LogP contribution in [0.1, 0.15) is 12.6 Å². The molecule has 0 aliphatic heterocycles. The summed E-state index contributed by atoms with van der Waals surface area (Å²) in [5.74, 6) is 5.28. The Morgan fingerprint density at radius 2 is 1.90 bits per heavy atom. The molecular weight excluding hydrogens is 288 g/mol. The van der Waals surface area contributed by atoms with E-state index in [4.69, 9.17) is 5.84 Å². The van der Waals surface area contributed by atoms with Crippen LogP contribution < -0.4 is 11.3 Å². The molecule has 0 fully saturated rings. The van der Waals surface area contributed by atoms with E-state index in [9.17, 15) is 8.42 Å². The van der Waals surface area contributed by atoms with E-state index < -0.39 is 10.0 Å². The molecule has 0 aliphatic carbocycles. The maximum Gasteiger partial charge on any atom is 0.243 e. The summed E-state index contributed by atoms with van der Waals surface area (Å²) >= 11 is 0. The van der Waals surface area contributed by atoms with Crippen LogP contribution in [-0.2, 0) is 16.6 Å². The molecule has 1 aromatic carbocycles. The van der Waals surface area contributed by atoms with Crippen molar-refractivity contribution < 1.29 is 8.42 Å². The molecule has 0 saturated carbocycles. The van der Waals surface area contributed by atoms with Gasteiger partial charge in [0, 0.05) is 18.4 Å². The number of sulfonamides is 1. The monoisotopic (exact) mass is 306 g/mol. The molecule has 0 aliphatic rings. The van der Waals surface area contributed by atoms with Crippen LogP contribution in [0.4, 0.5) is 5.69 Å². The second-order valence-corrected chi connectivity index (χ2v) is 6.36. The third-order valence-electron chi connectivity index (χ3n) is 3.08. The third kappa shape index (κ3) is 3.57. The van der Waals surface area contributed by atoms with Gasteiger partial charge in [-0.1, -0.05) is 13.0 Å². The van der Waals surface area contributed by atoms with Gasteiger partial charge < -0.3 is 5.43 Å². The number of anilines is 1. The summed E-state index contributed by atoms with van der Waals surface area (Å²) in [4.78, 5) is 4.40.